The minimum atomic E-state index is -0.809. The van der Waals surface area contributed by atoms with Crippen LogP contribution in [0.1, 0.15) is 32.6 Å². The standard InChI is InChI=1S/C13H26N2O3/c1-13(14-2,12(16)17)7-5-9-15-8-4-6-11(10-15)18-3/h11,14H,4-10H2,1-3H3,(H,16,17). The maximum Gasteiger partial charge on any atom is 0.323 e. The fraction of sp³-hybridized carbons (Fsp3) is 0.923. The van der Waals surface area contributed by atoms with E-state index in [-0.39, 0.29) is 0 Å². The van der Waals surface area contributed by atoms with Crippen LogP contribution in [-0.4, -0.2) is 61.4 Å². The summed E-state index contributed by atoms with van der Waals surface area (Å²) in [7, 11) is 3.46. The molecule has 1 aliphatic rings. The number of carbonyl (C=O) groups is 1. The van der Waals surface area contributed by atoms with Gasteiger partial charge < -0.3 is 20.1 Å². The number of rotatable bonds is 7. The number of nitrogens with one attached hydrogen (secondary N) is 1. The van der Waals surface area contributed by atoms with Gasteiger partial charge in [0.05, 0.1) is 6.10 Å². The Bertz CT molecular complexity index is 273. The third-order valence-corrected chi connectivity index (χ3v) is 3.97. The topological polar surface area (TPSA) is 61.8 Å². The van der Waals surface area contributed by atoms with Crippen molar-refractivity contribution in [3.8, 4) is 0 Å². The Morgan fingerprint density at radius 3 is 2.89 bits per heavy atom. The lowest BCUT2D eigenvalue weighted by atomic mass is 9.96. The van der Waals surface area contributed by atoms with E-state index >= 15 is 0 Å². The van der Waals surface area contributed by atoms with E-state index in [1.54, 1.807) is 21.1 Å². The van der Waals surface area contributed by atoms with E-state index in [1.165, 1.54) is 6.42 Å². The summed E-state index contributed by atoms with van der Waals surface area (Å²) in [6, 6.07) is 0. The molecular weight excluding hydrogens is 232 g/mol. The van der Waals surface area contributed by atoms with Crippen LogP contribution in [0.4, 0.5) is 0 Å². The minimum absolute atomic E-state index is 0.342. The summed E-state index contributed by atoms with van der Waals surface area (Å²) in [4.78, 5) is 13.5. The number of carboxylic acids is 1. The molecule has 0 bridgehead atoms. The summed E-state index contributed by atoms with van der Waals surface area (Å²) in [5.74, 6) is -0.779. The minimum Gasteiger partial charge on any atom is -0.480 e. The van der Waals surface area contributed by atoms with Crippen LogP contribution in [0.5, 0.6) is 0 Å². The third kappa shape index (κ3) is 4.23. The maximum absolute atomic E-state index is 11.1. The molecule has 0 amide bonds. The fourth-order valence-electron chi connectivity index (χ4n) is 2.40. The molecule has 1 aliphatic heterocycles. The van der Waals surface area contributed by atoms with E-state index in [0.717, 1.165) is 32.5 Å². The van der Waals surface area contributed by atoms with Gasteiger partial charge in [-0.15, -0.1) is 0 Å². The Kier molecular flexibility index (Phi) is 6.05. The van der Waals surface area contributed by atoms with Gasteiger partial charge in [-0.1, -0.05) is 0 Å². The molecule has 5 nitrogen and oxygen atoms in total. The first-order valence-corrected chi connectivity index (χ1v) is 6.69. The van der Waals surface area contributed by atoms with Gasteiger partial charge in [-0.05, 0) is 52.7 Å². The Balaban J connectivity index is 2.30. The number of nitrogens with zero attached hydrogens (tertiary/aromatic N) is 1. The number of aliphatic carboxylic acids is 1. The average molecular weight is 258 g/mol. The van der Waals surface area contributed by atoms with Gasteiger partial charge in [0, 0.05) is 13.7 Å². The Morgan fingerprint density at radius 1 is 1.61 bits per heavy atom. The van der Waals surface area contributed by atoms with Crippen LogP contribution in [0.25, 0.3) is 0 Å². The second-order valence-corrected chi connectivity index (χ2v) is 5.29. The fourth-order valence-corrected chi connectivity index (χ4v) is 2.40. The van der Waals surface area contributed by atoms with Crippen molar-refractivity contribution in [2.45, 2.75) is 44.2 Å². The highest BCUT2D eigenvalue weighted by atomic mass is 16.5. The monoisotopic (exact) mass is 258 g/mol. The zero-order valence-electron chi connectivity index (χ0n) is 11.7. The average Bonchev–Trinajstić information content (AvgIpc) is 2.38. The first-order valence-electron chi connectivity index (χ1n) is 6.69. The van der Waals surface area contributed by atoms with Crippen molar-refractivity contribution in [3.63, 3.8) is 0 Å². The quantitative estimate of drug-likeness (QED) is 0.711. The van der Waals surface area contributed by atoms with Crippen LogP contribution in [-0.2, 0) is 9.53 Å². The van der Waals surface area contributed by atoms with Crippen LogP contribution < -0.4 is 5.32 Å². The summed E-state index contributed by atoms with van der Waals surface area (Å²) < 4.78 is 5.38. The molecule has 1 saturated heterocycles. The Hall–Kier alpha value is -0.650. The number of piperidine rings is 1. The predicted octanol–water partition coefficient (Wildman–Crippen LogP) is 0.940. The molecule has 0 aromatic rings. The molecule has 1 rings (SSSR count). The molecule has 2 atom stereocenters. The van der Waals surface area contributed by atoms with Gasteiger partial charge in [0.15, 0.2) is 0 Å². The van der Waals surface area contributed by atoms with E-state index in [1.807, 2.05) is 0 Å². The number of likely N-dealkylation sites (tertiary alicyclic amines) is 1. The molecule has 0 saturated carbocycles. The molecular formula is C13H26N2O3. The summed E-state index contributed by atoms with van der Waals surface area (Å²) in [5.41, 5.74) is -0.809. The molecule has 2 unspecified atom stereocenters. The van der Waals surface area contributed by atoms with Gasteiger partial charge >= 0.3 is 5.97 Å². The lowest BCUT2D eigenvalue weighted by molar-refractivity contribution is -0.144. The van der Waals surface area contributed by atoms with Gasteiger partial charge in [-0.3, -0.25) is 4.79 Å². The van der Waals surface area contributed by atoms with Crippen LogP contribution in [0.15, 0.2) is 0 Å². The van der Waals surface area contributed by atoms with Crippen molar-refractivity contribution >= 4 is 5.97 Å². The number of hydrogen-bond donors (Lipinski definition) is 2. The van der Waals surface area contributed by atoms with E-state index < -0.39 is 11.5 Å². The first-order chi connectivity index (χ1) is 8.51. The second-order valence-electron chi connectivity index (χ2n) is 5.29. The highest BCUT2D eigenvalue weighted by Crippen LogP contribution is 2.16. The molecule has 5 heteroatoms. The summed E-state index contributed by atoms with van der Waals surface area (Å²) in [6.07, 6.45) is 4.18. The van der Waals surface area contributed by atoms with Crippen LogP contribution in [0.2, 0.25) is 0 Å². The van der Waals surface area contributed by atoms with Gasteiger partial charge in [0.25, 0.3) is 0 Å². The third-order valence-electron chi connectivity index (χ3n) is 3.97. The normalized spacial score (nSPS) is 24.7. The number of likely N-dealkylation sites (N-methyl/N-ethyl adjacent to an activating group) is 1. The number of hydrogen-bond acceptors (Lipinski definition) is 4. The van der Waals surface area contributed by atoms with E-state index in [2.05, 4.69) is 10.2 Å². The van der Waals surface area contributed by atoms with Crippen molar-refractivity contribution in [3.05, 3.63) is 0 Å². The van der Waals surface area contributed by atoms with Crippen LogP contribution >= 0.6 is 0 Å². The van der Waals surface area contributed by atoms with E-state index in [9.17, 15) is 4.79 Å². The molecule has 18 heavy (non-hydrogen) atoms. The maximum atomic E-state index is 11.1. The Morgan fingerprint density at radius 2 is 2.33 bits per heavy atom. The van der Waals surface area contributed by atoms with E-state index in [4.69, 9.17) is 9.84 Å². The predicted molar refractivity (Wildman–Crippen MR) is 70.8 cm³/mol. The highest BCUT2D eigenvalue weighted by molar-refractivity contribution is 5.78. The molecule has 0 radical (unpaired) electrons. The molecule has 106 valence electrons. The molecule has 0 aliphatic carbocycles. The van der Waals surface area contributed by atoms with Gasteiger partial charge in [-0.25, -0.2) is 0 Å². The summed E-state index contributed by atoms with van der Waals surface area (Å²) in [6.45, 7) is 4.76. The van der Waals surface area contributed by atoms with Gasteiger partial charge in [-0.2, -0.15) is 0 Å². The largest absolute Gasteiger partial charge is 0.480 e. The van der Waals surface area contributed by atoms with Gasteiger partial charge in [0.1, 0.15) is 5.54 Å². The van der Waals surface area contributed by atoms with Crippen molar-refractivity contribution < 1.29 is 14.6 Å². The van der Waals surface area contributed by atoms with Crippen molar-refractivity contribution in [1.82, 2.24) is 10.2 Å². The molecule has 2 N–H and O–H groups in total. The number of ether oxygens (including phenoxy) is 1. The summed E-state index contributed by atoms with van der Waals surface area (Å²) in [5, 5.41) is 12.0. The van der Waals surface area contributed by atoms with Crippen molar-refractivity contribution in [2.75, 3.05) is 33.8 Å². The van der Waals surface area contributed by atoms with Gasteiger partial charge in [0.2, 0.25) is 0 Å². The van der Waals surface area contributed by atoms with E-state index in [0.29, 0.717) is 12.5 Å². The number of carboxylic acid groups (broad SMARTS) is 1. The molecule has 1 heterocycles. The second kappa shape index (κ2) is 7.07. The highest BCUT2D eigenvalue weighted by Gasteiger charge is 2.30. The zero-order chi connectivity index (χ0) is 13.6. The van der Waals surface area contributed by atoms with Crippen LogP contribution in [0, 0.1) is 0 Å². The Labute approximate surface area is 109 Å². The first kappa shape index (κ1) is 15.4. The number of methoxy groups -OCH3 is 1. The smallest absolute Gasteiger partial charge is 0.323 e. The van der Waals surface area contributed by atoms with Crippen molar-refractivity contribution in [1.29, 1.82) is 0 Å². The molecule has 0 aromatic heterocycles. The molecule has 1 fully saturated rings. The molecule has 0 aromatic carbocycles. The molecule has 0 spiro atoms. The lowest BCUT2D eigenvalue weighted by Crippen LogP contribution is -2.48. The van der Waals surface area contributed by atoms with Crippen LogP contribution in [0.3, 0.4) is 0 Å². The zero-order valence-corrected chi connectivity index (χ0v) is 11.7. The van der Waals surface area contributed by atoms with Crippen molar-refractivity contribution in [2.24, 2.45) is 0 Å². The SMILES string of the molecule is CNC(C)(CCCN1CCCC(OC)C1)C(=O)O. The summed E-state index contributed by atoms with van der Waals surface area (Å²) >= 11 is 0. The lowest BCUT2D eigenvalue weighted by Gasteiger charge is -2.32.